The van der Waals surface area contributed by atoms with Gasteiger partial charge in [0.1, 0.15) is 29.9 Å². The van der Waals surface area contributed by atoms with Gasteiger partial charge in [0, 0.05) is 6.42 Å². The summed E-state index contributed by atoms with van der Waals surface area (Å²) in [6.07, 6.45) is 2.32. The van der Waals surface area contributed by atoms with Gasteiger partial charge in [0.05, 0.1) is 6.04 Å². The van der Waals surface area contributed by atoms with Crippen LogP contribution in [0.5, 0.6) is 5.75 Å². The van der Waals surface area contributed by atoms with Gasteiger partial charge in [-0.05, 0) is 62.0 Å². The molecule has 0 radical (unpaired) electrons. The predicted octanol–water partition coefficient (Wildman–Crippen LogP) is 0.321. The third-order valence-corrected chi connectivity index (χ3v) is 7.02. The number of phenols is 1. The molecule has 8 N–H and O–H groups in total. The average Bonchev–Trinajstić information content (AvgIpc) is 2.96. The summed E-state index contributed by atoms with van der Waals surface area (Å²) in [5.41, 5.74) is 7.43. The van der Waals surface area contributed by atoms with Gasteiger partial charge in [-0.25, -0.2) is 4.79 Å². The van der Waals surface area contributed by atoms with Crippen LogP contribution in [0.15, 0.2) is 54.6 Å². The molecule has 0 unspecified atom stereocenters. The molecule has 2 aromatic rings. The summed E-state index contributed by atoms with van der Waals surface area (Å²) in [5, 5.41) is 29.0. The maximum atomic E-state index is 13.1. The lowest BCUT2D eigenvalue weighted by atomic mass is 10.0. The van der Waals surface area contributed by atoms with Crippen LogP contribution in [0.25, 0.3) is 0 Å². The summed E-state index contributed by atoms with van der Waals surface area (Å²) in [5.74, 6) is -3.12. The van der Waals surface area contributed by atoms with Crippen LogP contribution in [0.4, 0.5) is 0 Å². The standard InChI is InChI=1S/C29H39N5O7S/c1-17(32-27(38)22(30)15-20-9-11-21(35)12-10-20)25(36)31-18(2)26(37)34-24(16-19-7-5-4-6-8-19)28(39)33-23(29(40)41)13-14-42-3/h4-12,17-18,22-24,35H,13-16,30H2,1-3H3,(H,31,36)(H,32,38)(H,33,39)(H,34,37)(H,40,41)/t17-,18-,22+,23+,24+/m1/s1. The predicted molar refractivity (Wildman–Crippen MR) is 160 cm³/mol. The number of rotatable bonds is 16. The maximum Gasteiger partial charge on any atom is 0.326 e. The lowest BCUT2D eigenvalue weighted by Gasteiger charge is -2.24. The minimum Gasteiger partial charge on any atom is -0.508 e. The van der Waals surface area contributed by atoms with Gasteiger partial charge in [-0.1, -0.05) is 42.5 Å². The van der Waals surface area contributed by atoms with Crippen LogP contribution in [0.1, 0.15) is 31.4 Å². The monoisotopic (exact) mass is 601 g/mol. The second-order valence-electron chi connectivity index (χ2n) is 9.87. The van der Waals surface area contributed by atoms with Crippen molar-refractivity contribution in [2.24, 2.45) is 5.73 Å². The Morgan fingerprint density at radius 3 is 1.83 bits per heavy atom. The SMILES string of the molecule is CSCC[C@H](NC(=O)[C@H](Cc1ccccc1)NC(=O)[C@@H](C)NC(=O)[C@@H](C)NC(=O)[C@@H](N)Cc1ccc(O)cc1)C(=O)O. The van der Waals surface area contributed by atoms with Gasteiger partial charge in [-0.15, -0.1) is 0 Å². The molecule has 2 aromatic carbocycles. The van der Waals surface area contributed by atoms with E-state index in [1.54, 1.807) is 42.5 Å². The Morgan fingerprint density at radius 1 is 0.738 bits per heavy atom. The number of aromatic hydroxyl groups is 1. The smallest absolute Gasteiger partial charge is 0.326 e. The summed E-state index contributed by atoms with van der Waals surface area (Å²) < 4.78 is 0. The Morgan fingerprint density at radius 2 is 1.26 bits per heavy atom. The number of amides is 4. The number of hydrogen-bond acceptors (Lipinski definition) is 8. The van der Waals surface area contributed by atoms with E-state index in [4.69, 9.17) is 5.73 Å². The molecule has 0 aliphatic rings. The zero-order valence-corrected chi connectivity index (χ0v) is 24.6. The second-order valence-corrected chi connectivity index (χ2v) is 10.9. The first kappa shape index (κ1) is 34.1. The van der Waals surface area contributed by atoms with Gasteiger partial charge in [-0.2, -0.15) is 11.8 Å². The third kappa shape index (κ3) is 11.4. The van der Waals surface area contributed by atoms with E-state index >= 15 is 0 Å². The highest BCUT2D eigenvalue weighted by atomic mass is 32.2. The molecule has 0 bridgehead atoms. The lowest BCUT2D eigenvalue weighted by molar-refractivity contribution is -0.142. The van der Waals surface area contributed by atoms with E-state index in [9.17, 15) is 34.2 Å². The number of benzene rings is 2. The normalized spacial score (nSPS) is 14.4. The fourth-order valence-corrected chi connectivity index (χ4v) is 4.36. The molecule has 13 heteroatoms. The third-order valence-electron chi connectivity index (χ3n) is 6.37. The molecule has 0 aliphatic heterocycles. The first-order valence-electron chi connectivity index (χ1n) is 13.4. The maximum absolute atomic E-state index is 13.1. The zero-order valence-electron chi connectivity index (χ0n) is 23.8. The Hall–Kier alpha value is -4.10. The number of carboxylic acid groups (broad SMARTS) is 1. The highest BCUT2D eigenvalue weighted by molar-refractivity contribution is 7.98. The van der Waals surface area contributed by atoms with Crippen molar-refractivity contribution >= 4 is 41.4 Å². The Bertz CT molecular complexity index is 1210. The van der Waals surface area contributed by atoms with Gasteiger partial charge in [-0.3, -0.25) is 19.2 Å². The molecule has 2 rings (SSSR count). The lowest BCUT2D eigenvalue weighted by Crippen LogP contribution is -2.57. The van der Waals surface area contributed by atoms with Crippen molar-refractivity contribution in [3.8, 4) is 5.75 Å². The molecule has 0 aliphatic carbocycles. The molecular weight excluding hydrogens is 562 g/mol. The summed E-state index contributed by atoms with van der Waals surface area (Å²) >= 11 is 1.45. The number of nitrogens with two attached hydrogens (primary N) is 1. The minimum absolute atomic E-state index is 0.0860. The van der Waals surface area contributed by atoms with Crippen molar-refractivity contribution in [3.05, 3.63) is 65.7 Å². The molecular formula is C29H39N5O7S. The van der Waals surface area contributed by atoms with Crippen molar-refractivity contribution in [1.82, 2.24) is 21.3 Å². The molecule has 0 spiro atoms. The topological polar surface area (TPSA) is 200 Å². The molecule has 228 valence electrons. The van der Waals surface area contributed by atoms with Crippen LogP contribution in [-0.4, -0.2) is 82.0 Å². The van der Waals surface area contributed by atoms with Crippen molar-refractivity contribution < 1.29 is 34.2 Å². The van der Waals surface area contributed by atoms with Gasteiger partial charge in [0.2, 0.25) is 23.6 Å². The fourth-order valence-electron chi connectivity index (χ4n) is 3.89. The number of carbonyl (C=O) groups excluding carboxylic acids is 4. The number of hydrogen-bond donors (Lipinski definition) is 7. The Balaban J connectivity index is 1.99. The Kier molecular flexibility index (Phi) is 13.8. The fraction of sp³-hybridized carbons (Fsp3) is 0.414. The number of carboxylic acids is 1. The van der Waals surface area contributed by atoms with E-state index in [1.165, 1.54) is 37.7 Å². The van der Waals surface area contributed by atoms with Crippen LogP contribution < -0.4 is 27.0 Å². The highest BCUT2D eigenvalue weighted by Gasteiger charge is 2.29. The molecule has 0 aromatic heterocycles. The Labute approximate surface area is 249 Å². The van der Waals surface area contributed by atoms with Crippen molar-refractivity contribution in [2.75, 3.05) is 12.0 Å². The second kappa shape index (κ2) is 17.0. The van der Waals surface area contributed by atoms with Crippen LogP contribution in [-0.2, 0) is 36.8 Å². The number of carbonyl (C=O) groups is 5. The zero-order chi connectivity index (χ0) is 31.2. The van der Waals surface area contributed by atoms with Gasteiger partial charge in [0.15, 0.2) is 0 Å². The molecule has 5 atom stereocenters. The molecule has 0 heterocycles. The quantitative estimate of drug-likeness (QED) is 0.142. The average molecular weight is 602 g/mol. The molecule has 42 heavy (non-hydrogen) atoms. The van der Waals surface area contributed by atoms with Gasteiger partial charge < -0.3 is 37.2 Å². The van der Waals surface area contributed by atoms with Crippen LogP contribution >= 0.6 is 11.8 Å². The molecule has 0 fully saturated rings. The van der Waals surface area contributed by atoms with E-state index in [0.29, 0.717) is 5.75 Å². The van der Waals surface area contributed by atoms with E-state index in [0.717, 1.165) is 11.1 Å². The van der Waals surface area contributed by atoms with Crippen LogP contribution in [0, 0.1) is 0 Å². The largest absolute Gasteiger partial charge is 0.508 e. The first-order chi connectivity index (χ1) is 19.9. The number of nitrogens with one attached hydrogen (secondary N) is 4. The first-order valence-corrected chi connectivity index (χ1v) is 14.8. The summed E-state index contributed by atoms with van der Waals surface area (Å²) in [6.45, 7) is 2.87. The summed E-state index contributed by atoms with van der Waals surface area (Å²) in [7, 11) is 0. The van der Waals surface area contributed by atoms with Crippen molar-refractivity contribution in [1.29, 1.82) is 0 Å². The molecule has 0 saturated carbocycles. The highest BCUT2D eigenvalue weighted by Crippen LogP contribution is 2.11. The summed E-state index contributed by atoms with van der Waals surface area (Å²) in [4.78, 5) is 63.0. The number of thioether (sulfide) groups is 1. The van der Waals surface area contributed by atoms with Gasteiger partial charge >= 0.3 is 5.97 Å². The summed E-state index contributed by atoms with van der Waals surface area (Å²) in [6, 6.07) is 9.85. The number of phenolic OH excluding ortho intramolecular Hbond substituents is 1. The minimum atomic E-state index is -1.18. The van der Waals surface area contributed by atoms with Crippen LogP contribution in [0.2, 0.25) is 0 Å². The van der Waals surface area contributed by atoms with E-state index in [2.05, 4.69) is 21.3 Å². The van der Waals surface area contributed by atoms with E-state index < -0.39 is 59.8 Å². The van der Waals surface area contributed by atoms with Crippen LogP contribution in [0.3, 0.4) is 0 Å². The molecule has 12 nitrogen and oxygen atoms in total. The van der Waals surface area contributed by atoms with Crippen molar-refractivity contribution in [2.45, 2.75) is 63.3 Å². The van der Waals surface area contributed by atoms with Crippen molar-refractivity contribution in [3.63, 3.8) is 0 Å². The molecule has 4 amide bonds. The van der Waals surface area contributed by atoms with E-state index in [-0.39, 0.29) is 25.0 Å². The molecule has 0 saturated heterocycles. The van der Waals surface area contributed by atoms with E-state index in [1.807, 2.05) is 6.26 Å². The van der Waals surface area contributed by atoms with Gasteiger partial charge in [0.25, 0.3) is 0 Å². The number of aliphatic carboxylic acids is 1.